The maximum atomic E-state index is 12.0. The number of nitrogens with zero attached hydrogens (tertiary/aromatic N) is 1. The number of esters is 2. The van der Waals surface area contributed by atoms with E-state index in [1.54, 1.807) is 18.2 Å². The molecule has 0 bridgehead atoms. The smallest absolute Gasteiger partial charge is 0.356 e. The van der Waals surface area contributed by atoms with Crippen molar-refractivity contribution in [1.82, 2.24) is 4.98 Å². The fourth-order valence-corrected chi connectivity index (χ4v) is 2.37. The van der Waals surface area contributed by atoms with E-state index in [4.69, 9.17) is 9.47 Å². The van der Waals surface area contributed by atoms with Gasteiger partial charge in [-0.3, -0.25) is 0 Å². The molecule has 0 fully saturated rings. The maximum Gasteiger partial charge on any atom is 0.356 e. The maximum absolute atomic E-state index is 12.0. The van der Waals surface area contributed by atoms with Crippen molar-refractivity contribution >= 4 is 11.9 Å². The molecule has 0 aromatic carbocycles. The molecule has 0 aliphatic rings. The monoisotopic (exact) mass is 349 g/mol. The van der Waals surface area contributed by atoms with Crippen LogP contribution in [-0.2, 0) is 9.47 Å². The zero-order valence-corrected chi connectivity index (χ0v) is 15.6. The van der Waals surface area contributed by atoms with E-state index < -0.39 is 11.9 Å². The Balaban J connectivity index is 2.35. The summed E-state index contributed by atoms with van der Waals surface area (Å²) in [6.07, 6.45) is 9.71. The number of unbranched alkanes of at least 4 members (excludes halogenated alkanes) is 7. The summed E-state index contributed by atoms with van der Waals surface area (Å²) < 4.78 is 10.4. The van der Waals surface area contributed by atoms with Crippen molar-refractivity contribution in [1.29, 1.82) is 0 Å². The van der Waals surface area contributed by atoms with Gasteiger partial charge in [0.2, 0.25) is 0 Å². The van der Waals surface area contributed by atoms with Crippen LogP contribution in [0.15, 0.2) is 18.2 Å². The van der Waals surface area contributed by atoms with Crippen molar-refractivity contribution in [3.8, 4) is 0 Å². The number of pyridine rings is 1. The minimum Gasteiger partial charge on any atom is -0.461 e. The summed E-state index contributed by atoms with van der Waals surface area (Å²) in [7, 11) is 0. The molecular formula is C20H31NO4. The van der Waals surface area contributed by atoms with E-state index in [0.29, 0.717) is 13.2 Å². The predicted octanol–water partition coefficient (Wildman–Crippen LogP) is 4.95. The van der Waals surface area contributed by atoms with E-state index in [1.165, 1.54) is 25.7 Å². The number of hydrogen-bond acceptors (Lipinski definition) is 5. The molecule has 0 unspecified atom stereocenters. The first-order chi connectivity index (χ1) is 12.2. The van der Waals surface area contributed by atoms with Crippen LogP contribution in [0, 0.1) is 0 Å². The summed E-state index contributed by atoms with van der Waals surface area (Å²) in [5, 5.41) is 0. The molecule has 0 aliphatic heterocycles. The summed E-state index contributed by atoms with van der Waals surface area (Å²) in [6.45, 7) is 5.03. The van der Waals surface area contributed by atoms with Gasteiger partial charge >= 0.3 is 11.9 Å². The van der Waals surface area contributed by atoms with Crippen LogP contribution in [0.1, 0.15) is 92.6 Å². The third kappa shape index (κ3) is 9.22. The van der Waals surface area contributed by atoms with E-state index in [0.717, 1.165) is 32.1 Å². The van der Waals surface area contributed by atoms with Gasteiger partial charge in [0, 0.05) is 0 Å². The first-order valence-electron chi connectivity index (χ1n) is 9.50. The van der Waals surface area contributed by atoms with Gasteiger partial charge in [-0.05, 0) is 25.0 Å². The highest BCUT2D eigenvalue weighted by Crippen LogP contribution is 2.07. The van der Waals surface area contributed by atoms with Gasteiger partial charge in [0.15, 0.2) is 0 Å². The van der Waals surface area contributed by atoms with Crippen LogP contribution >= 0.6 is 0 Å². The zero-order chi connectivity index (χ0) is 18.3. The first kappa shape index (κ1) is 21.1. The van der Waals surface area contributed by atoms with Gasteiger partial charge in [0.05, 0.1) is 13.2 Å². The lowest BCUT2D eigenvalue weighted by molar-refractivity contribution is 0.0482. The van der Waals surface area contributed by atoms with Gasteiger partial charge in [0.25, 0.3) is 0 Å². The molecule has 25 heavy (non-hydrogen) atoms. The summed E-state index contributed by atoms with van der Waals surface area (Å²) in [6, 6.07) is 4.72. The highest BCUT2D eigenvalue weighted by atomic mass is 16.5. The van der Waals surface area contributed by atoms with E-state index >= 15 is 0 Å². The second-order valence-electron chi connectivity index (χ2n) is 6.15. The van der Waals surface area contributed by atoms with Crippen molar-refractivity contribution < 1.29 is 19.1 Å². The van der Waals surface area contributed by atoms with E-state index in [2.05, 4.69) is 18.8 Å². The summed E-state index contributed by atoms with van der Waals surface area (Å²) >= 11 is 0. The predicted molar refractivity (Wildman–Crippen MR) is 97.7 cm³/mol. The molecule has 0 radical (unpaired) electrons. The lowest BCUT2D eigenvalue weighted by Gasteiger charge is -2.06. The van der Waals surface area contributed by atoms with E-state index in [1.807, 2.05) is 0 Å². The number of carbonyl (C=O) groups is 2. The second kappa shape index (κ2) is 13.4. The molecule has 0 saturated heterocycles. The molecule has 1 aromatic heterocycles. The highest BCUT2D eigenvalue weighted by molar-refractivity contribution is 5.91. The fourth-order valence-electron chi connectivity index (χ4n) is 2.37. The lowest BCUT2D eigenvalue weighted by Crippen LogP contribution is -2.13. The summed E-state index contributed by atoms with van der Waals surface area (Å²) in [4.78, 5) is 28.0. The summed E-state index contributed by atoms with van der Waals surface area (Å²) in [5.41, 5.74) is 0.291. The lowest BCUT2D eigenvalue weighted by atomic mass is 10.1. The Kier molecular flexibility index (Phi) is 11.3. The molecule has 0 N–H and O–H groups in total. The fraction of sp³-hybridized carbons (Fsp3) is 0.650. The van der Waals surface area contributed by atoms with Crippen LogP contribution in [0.5, 0.6) is 0 Å². The van der Waals surface area contributed by atoms with Gasteiger partial charge in [-0.1, -0.05) is 64.9 Å². The van der Waals surface area contributed by atoms with Crippen LogP contribution in [-0.4, -0.2) is 30.1 Å². The number of hydrogen-bond donors (Lipinski definition) is 0. The molecule has 0 amide bonds. The Bertz CT molecular complexity index is 516. The number of aromatic nitrogens is 1. The molecule has 0 spiro atoms. The van der Waals surface area contributed by atoms with Crippen molar-refractivity contribution in [2.75, 3.05) is 13.2 Å². The first-order valence-corrected chi connectivity index (χ1v) is 9.50. The van der Waals surface area contributed by atoms with Crippen molar-refractivity contribution in [2.24, 2.45) is 0 Å². The zero-order valence-electron chi connectivity index (χ0n) is 15.6. The van der Waals surface area contributed by atoms with Crippen molar-refractivity contribution in [3.05, 3.63) is 29.6 Å². The van der Waals surface area contributed by atoms with E-state index in [9.17, 15) is 9.59 Å². The van der Waals surface area contributed by atoms with Crippen LogP contribution in [0.4, 0.5) is 0 Å². The number of ether oxygens (including phenoxy) is 2. The largest absolute Gasteiger partial charge is 0.461 e. The third-order valence-electron chi connectivity index (χ3n) is 3.88. The molecule has 5 nitrogen and oxygen atoms in total. The summed E-state index contributed by atoms with van der Waals surface area (Å²) in [5.74, 6) is -0.990. The van der Waals surface area contributed by atoms with Crippen LogP contribution in [0.25, 0.3) is 0 Å². The molecule has 1 rings (SSSR count). The molecular weight excluding hydrogens is 318 g/mol. The van der Waals surface area contributed by atoms with Crippen molar-refractivity contribution in [3.63, 3.8) is 0 Å². The van der Waals surface area contributed by atoms with Crippen LogP contribution < -0.4 is 0 Å². The Morgan fingerprint density at radius 3 is 1.76 bits per heavy atom. The Hall–Kier alpha value is -1.91. The average Bonchev–Trinajstić information content (AvgIpc) is 2.64. The van der Waals surface area contributed by atoms with Gasteiger partial charge in [-0.2, -0.15) is 0 Å². The molecule has 0 saturated carbocycles. The minimum atomic E-state index is -0.498. The molecule has 140 valence electrons. The SMILES string of the molecule is CCCCCCCCOC(=O)c1cccc(C(=O)OCCCCC)n1. The molecule has 0 aliphatic carbocycles. The number of rotatable bonds is 13. The van der Waals surface area contributed by atoms with Gasteiger partial charge in [0.1, 0.15) is 11.4 Å². The van der Waals surface area contributed by atoms with Crippen LogP contribution in [0.2, 0.25) is 0 Å². The Morgan fingerprint density at radius 2 is 1.20 bits per heavy atom. The van der Waals surface area contributed by atoms with Gasteiger partial charge < -0.3 is 9.47 Å². The third-order valence-corrected chi connectivity index (χ3v) is 3.88. The van der Waals surface area contributed by atoms with Gasteiger partial charge in [-0.25, -0.2) is 14.6 Å². The topological polar surface area (TPSA) is 65.5 Å². The normalized spacial score (nSPS) is 10.5. The van der Waals surface area contributed by atoms with Crippen molar-refractivity contribution in [2.45, 2.75) is 71.6 Å². The molecule has 5 heteroatoms. The highest BCUT2D eigenvalue weighted by Gasteiger charge is 2.14. The molecule has 1 heterocycles. The second-order valence-corrected chi connectivity index (χ2v) is 6.15. The van der Waals surface area contributed by atoms with Crippen LogP contribution in [0.3, 0.4) is 0 Å². The average molecular weight is 349 g/mol. The van der Waals surface area contributed by atoms with E-state index in [-0.39, 0.29) is 11.4 Å². The molecule has 1 aromatic rings. The minimum absolute atomic E-state index is 0.144. The quantitative estimate of drug-likeness (QED) is 0.372. The molecule has 0 atom stereocenters. The Labute approximate surface area is 151 Å². The Morgan fingerprint density at radius 1 is 0.760 bits per heavy atom. The number of carbonyl (C=O) groups excluding carboxylic acids is 2. The standard InChI is InChI=1S/C20H31NO4/c1-3-5-7-8-9-11-16-25-20(23)18-14-12-13-17(21-18)19(22)24-15-10-6-4-2/h12-14H,3-11,15-16H2,1-2H3. The van der Waals surface area contributed by atoms with Gasteiger partial charge in [-0.15, -0.1) is 0 Å².